The first-order valence-electron chi connectivity index (χ1n) is 9.33. The second kappa shape index (κ2) is 10.3. The van der Waals surface area contributed by atoms with Crippen molar-refractivity contribution in [1.82, 2.24) is 0 Å². The predicted octanol–water partition coefficient (Wildman–Crippen LogP) is 3.67. The van der Waals surface area contributed by atoms with Gasteiger partial charge in [0.15, 0.2) is 6.61 Å². The number of nitrogens with one attached hydrogen (secondary N) is 1. The van der Waals surface area contributed by atoms with Crippen LogP contribution >= 0.6 is 0 Å². The van der Waals surface area contributed by atoms with Crippen LogP contribution in [0.5, 0.6) is 5.75 Å². The van der Waals surface area contributed by atoms with E-state index in [4.69, 9.17) is 14.2 Å². The molecule has 1 N–H and O–H groups in total. The minimum atomic E-state index is -0.594. The highest BCUT2D eigenvalue weighted by Crippen LogP contribution is 2.20. The number of hydrogen-bond donors (Lipinski definition) is 1. The average molecular weight is 399 g/mol. The van der Waals surface area contributed by atoms with E-state index >= 15 is 0 Å². The molecule has 7 nitrogen and oxygen atoms in total. The minimum Gasteiger partial charge on any atom is -0.484 e. The van der Waals surface area contributed by atoms with E-state index < -0.39 is 11.9 Å². The summed E-state index contributed by atoms with van der Waals surface area (Å²) in [5.74, 6) is -1.36. The number of esters is 2. The van der Waals surface area contributed by atoms with E-state index in [1.54, 1.807) is 13.8 Å². The normalized spacial score (nSPS) is 10.2. The molecular weight excluding hydrogens is 374 g/mol. The predicted molar refractivity (Wildman–Crippen MR) is 108 cm³/mol. The standard InChI is InChI=1S/C22H25NO6/c1-5-27-21(25)16-10-17(22(26)28-6-2)12-18(11-16)29-13-20(24)23-19-9-14(3)7-8-15(19)4/h7-12H,5-6,13H2,1-4H3,(H,23,24). The Morgan fingerprint density at radius 2 is 1.45 bits per heavy atom. The van der Waals surface area contributed by atoms with Crippen molar-refractivity contribution in [3.63, 3.8) is 0 Å². The van der Waals surface area contributed by atoms with Gasteiger partial charge in [0.05, 0.1) is 24.3 Å². The number of benzene rings is 2. The maximum absolute atomic E-state index is 12.3. The van der Waals surface area contributed by atoms with Crippen LogP contribution in [0.4, 0.5) is 5.69 Å². The quantitative estimate of drug-likeness (QED) is 0.681. The molecule has 2 aromatic rings. The maximum atomic E-state index is 12.3. The monoisotopic (exact) mass is 399 g/mol. The molecule has 7 heteroatoms. The van der Waals surface area contributed by atoms with Gasteiger partial charge in [-0.15, -0.1) is 0 Å². The highest BCUT2D eigenvalue weighted by Gasteiger charge is 2.16. The summed E-state index contributed by atoms with van der Waals surface area (Å²) in [6.45, 7) is 7.29. The molecule has 0 saturated heterocycles. The fourth-order valence-corrected chi connectivity index (χ4v) is 2.55. The molecule has 0 aliphatic heterocycles. The van der Waals surface area contributed by atoms with Crippen LogP contribution in [0.15, 0.2) is 36.4 Å². The largest absolute Gasteiger partial charge is 0.484 e. The third kappa shape index (κ3) is 6.34. The van der Waals surface area contributed by atoms with Crippen LogP contribution in [-0.2, 0) is 14.3 Å². The number of rotatable bonds is 8. The Balaban J connectivity index is 2.15. The van der Waals surface area contributed by atoms with Gasteiger partial charge in [-0.05, 0) is 63.1 Å². The zero-order valence-corrected chi connectivity index (χ0v) is 17.0. The van der Waals surface area contributed by atoms with Crippen LogP contribution in [0.2, 0.25) is 0 Å². The number of amides is 1. The van der Waals surface area contributed by atoms with Crippen LogP contribution in [-0.4, -0.2) is 37.7 Å². The van der Waals surface area contributed by atoms with Gasteiger partial charge in [0.1, 0.15) is 5.75 Å². The summed E-state index contributed by atoms with van der Waals surface area (Å²) in [6, 6.07) is 9.96. The van der Waals surface area contributed by atoms with Crippen molar-refractivity contribution in [2.24, 2.45) is 0 Å². The second-order valence-electron chi connectivity index (χ2n) is 6.34. The molecule has 0 unspecified atom stereocenters. The molecule has 0 saturated carbocycles. The van der Waals surface area contributed by atoms with Crippen LogP contribution in [0.25, 0.3) is 0 Å². The number of carbonyl (C=O) groups is 3. The van der Waals surface area contributed by atoms with Gasteiger partial charge in [-0.1, -0.05) is 12.1 Å². The first kappa shape index (κ1) is 21.9. The fourth-order valence-electron chi connectivity index (χ4n) is 2.55. The summed E-state index contributed by atoms with van der Waals surface area (Å²) in [6.07, 6.45) is 0. The van der Waals surface area contributed by atoms with Gasteiger partial charge in [-0.25, -0.2) is 9.59 Å². The third-order valence-electron chi connectivity index (χ3n) is 3.97. The van der Waals surface area contributed by atoms with E-state index in [2.05, 4.69) is 5.32 Å². The smallest absolute Gasteiger partial charge is 0.338 e. The molecule has 2 rings (SSSR count). The van der Waals surface area contributed by atoms with Crippen LogP contribution < -0.4 is 10.1 Å². The lowest BCUT2D eigenvalue weighted by Crippen LogP contribution is -2.21. The molecule has 1 amide bonds. The topological polar surface area (TPSA) is 90.9 Å². The van der Waals surface area contributed by atoms with Gasteiger partial charge in [-0.3, -0.25) is 4.79 Å². The van der Waals surface area contributed by atoms with E-state index in [0.29, 0.717) is 5.69 Å². The molecule has 0 aromatic heterocycles. The second-order valence-corrected chi connectivity index (χ2v) is 6.34. The Morgan fingerprint density at radius 3 is 2.00 bits per heavy atom. The van der Waals surface area contributed by atoms with Gasteiger partial charge < -0.3 is 19.5 Å². The molecule has 2 aromatic carbocycles. The zero-order chi connectivity index (χ0) is 21.4. The third-order valence-corrected chi connectivity index (χ3v) is 3.97. The molecule has 154 valence electrons. The first-order chi connectivity index (χ1) is 13.8. The molecule has 0 aliphatic rings. The van der Waals surface area contributed by atoms with Crippen molar-refractivity contribution in [3.05, 3.63) is 58.7 Å². The zero-order valence-electron chi connectivity index (χ0n) is 17.0. The van der Waals surface area contributed by atoms with Crippen molar-refractivity contribution in [2.75, 3.05) is 25.1 Å². The minimum absolute atomic E-state index is 0.141. The molecule has 0 bridgehead atoms. The van der Waals surface area contributed by atoms with Crippen molar-refractivity contribution < 1.29 is 28.6 Å². The average Bonchev–Trinajstić information content (AvgIpc) is 2.69. The first-order valence-corrected chi connectivity index (χ1v) is 9.33. The highest BCUT2D eigenvalue weighted by atomic mass is 16.5. The van der Waals surface area contributed by atoms with Crippen LogP contribution in [0, 0.1) is 13.8 Å². The Hall–Kier alpha value is -3.35. The summed E-state index contributed by atoms with van der Waals surface area (Å²) < 4.78 is 15.5. The Labute approximate surface area is 170 Å². The molecule has 0 fully saturated rings. The van der Waals surface area contributed by atoms with Gasteiger partial charge in [0, 0.05) is 5.69 Å². The van der Waals surface area contributed by atoms with Gasteiger partial charge >= 0.3 is 11.9 Å². The Kier molecular flexibility index (Phi) is 7.77. The lowest BCUT2D eigenvalue weighted by atomic mass is 10.1. The van der Waals surface area contributed by atoms with E-state index in [1.165, 1.54) is 18.2 Å². The summed E-state index contributed by atoms with van der Waals surface area (Å²) in [5, 5.41) is 2.79. The van der Waals surface area contributed by atoms with Crippen LogP contribution in [0.1, 0.15) is 45.7 Å². The van der Waals surface area contributed by atoms with Gasteiger partial charge in [0.25, 0.3) is 5.91 Å². The number of aryl methyl sites for hydroxylation is 2. The summed E-state index contributed by atoms with van der Waals surface area (Å²) in [4.78, 5) is 36.4. The molecule has 0 aliphatic carbocycles. The molecular formula is C22H25NO6. The lowest BCUT2D eigenvalue weighted by molar-refractivity contribution is -0.118. The number of anilines is 1. The molecule has 29 heavy (non-hydrogen) atoms. The summed E-state index contributed by atoms with van der Waals surface area (Å²) in [7, 11) is 0. The highest BCUT2D eigenvalue weighted by molar-refractivity contribution is 5.96. The Bertz CT molecular complexity index is 870. The van der Waals surface area contributed by atoms with Gasteiger partial charge in [0.2, 0.25) is 0 Å². The lowest BCUT2D eigenvalue weighted by Gasteiger charge is -2.12. The molecule has 0 heterocycles. The van der Waals surface area contributed by atoms with Crippen molar-refractivity contribution in [1.29, 1.82) is 0 Å². The van der Waals surface area contributed by atoms with E-state index in [1.807, 2.05) is 32.0 Å². The van der Waals surface area contributed by atoms with Crippen molar-refractivity contribution in [3.8, 4) is 5.75 Å². The molecule has 0 radical (unpaired) electrons. The molecule has 0 spiro atoms. The molecule has 0 atom stereocenters. The van der Waals surface area contributed by atoms with Crippen molar-refractivity contribution >= 4 is 23.5 Å². The summed E-state index contributed by atoms with van der Waals surface area (Å²) in [5.41, 5.74) is 2.93. The Morgan fingerprint density at radius 1 is 0.862 bits per heavy atom. The fraction of sp³-hybridized carbons (Fsp3) is 0.318. The van der Waals surface area contributed by atoms with E-state index in [0.717, 1.165) is 11.1 Å². The number of carbonyl (C=O) groups excluding carboxylic acids is 3. The summed E-state index contributed by atoms with van der Waals surface area (Å²) >= 11 is 0. The SMILES string of the molecule is CCOC(=O)c1cc(OCC(=O)Nc2cc(C)ccc2C)cc(C(=O)OCC)c1. The maximum Gasteiger partial charge on any atom is 0.338 e. The van der Waals surface area contributed by atoms with E-state index in [9.17, 15) is 14.4 Å². The van der Waals surface area contributed by atoms with E-state index in [-0.39, 0.29) is 42.6 Å². The van der Waals surface area contributed by atoms with Crippen molar-refractivity contribution in [2.45, 2.75) is 27.7 Å². The van der Waals surface area contributed by atoms with Crippen LogP contribution in [0.3, 0.4) is 0 Å². The number of ether oxygens (including phenoxy) is 3. The number of hydrogen-bond acceptors (Lipinski definition) is 6. The van der Waals surface area contributed by atoms with Gasteiger partial charge in [-0.2, -0.15) is 0 Å².